The van der Waals surface area contributed by atoms with Gasteiger partial charge < -0.3 is 55.4 Å². The molecule has 2 heterocycles. The van der Waals surface area contributed by atoms with E-state index in [1.807, 2.05) is 0 Å². The molecule has 1 unspecified atom stereocenters. The van der Waals surface area contributed by atoms with Crippen LogP contribution in [0.3, 0.4) is 0 Å². The minimum absolute atomic E-state index is 0.0707. The van der Waals surface area contributed by atoms with Crippen molar-refractivity contribution in [2.24, 2.45) is 0 Å². The van der Waals surface area contributed by atoms with Crippen molar-refractivity contribution in [3.63, 3.8) is 0 Å². The van der Waals surface area contributed by atoms with Crippen LogP contribution in [-0.2, 0) is 9.47 Å². The van der Waals surface area contributed by atoms with Crippen molar-refractivity contribution in [3.05, 3.63) is 58.7 Å². The Bertz CT molecular complexity index is 1390. The quantitative estimate of drug-likeness (QED) is 0.178. The molecule has 11 nitrogen and oxygen atoms in total. The molecule has 2 aromatic carbocycles. The predicted molar refractivity (Wildman–Crippen MR) is 142 cm³/mol. The fourth-order valence-electron chi connectivity index (χ4n) is 5.36. The van der Waals surface area contributed by atoms with Gasteiger partial charge in [0.15, 0.2) is 0 Å². The summed E-state index contributed by atoms with van der Waals surface area (Å²) < 4.78 is 11.0. The van der Waals surface area contributed by atoms with Gasteiger partial charge in [-0.15, -0.1) is 0 Å². The minimum atomic E-state index is -1.53. The third kappa shape index (κ3) is 5.64. The van der Waals surface area contributed by atoms with E-state index in [4.69, 9.17) is 9.47 Å². The Labute approximate surface area is 235 Å². The highest BCUT2D eigenvalue weighted by Gasteiger charge is 2.43. The first-order chi connectivity index (χ1) is 19.6. The Balaban J connectivity index is 1.34. The summed E-state index contributed by atoms with van der Waals surface area (Å²) in [5, 5.41) is 90.3. The van der Waals surface area contributed by atoms with Crippen LogP contribution in [0.25, 0.3) is 11.1 Å². The zero-order chi connectivity index (χ0) is 29.4. The molecule has 41 heavy (non-hydrogen) atoms. The number of rotatable bonds is 3. The monoisotopic (exact) mass is 568 g/mol. The SMILES string of the molecule is OCC[C@H]1O[C@H](C#Cc2ccc3c(c2)C(O)c2cc(C#C[C@H]4O[C@H](CO)[C@@H](O)[C@H](O)[C@@H]4O)ccc2-3)[C@@H](O)[C@@H](O)[C@@H]1O. The van der Waals surface area contributed by atoms with Gasteiger partial charge in [0, 0.05) is 17.7 Å². The van der Waals surface area contributed by atoms with E-state index in [0.717, 1.165) is 11.1 Å². The lowest BCUT2D eigenvalue weighted by atomic mass is 9.93. The van der Waals surface area contributed by atoms with Gasteiger partial charge in [0.25, 0.3) is 0 Å². The van der Waals surface area contributed by atoms with Crippen LogP contribution in [0.2, 0.25) is 0 Å². The topological polar surface area (TPSA) is 201 Å². The molecule has 0 bridgehead atoms. The molecule has 2 fully saturated rings. The van der Waals surface area contributed by atoms with E-state index in [2.05, 4.69) is 23.7 Å². The molecule has 9 N–H and O–H groups in total. The summed E-state index contributed by atoms with van der Waals surface area (Å²) in [4.78, 5) is 0. The van der Waals surface area contributed by atoms with Gasteiger partial charge in [-0.1, -0.05) is 35.8 Å². The van der Waals surface area contributed by atoms with Crippen LogP contribution in [0, 0.1) is 23.7 Å². The molecule has 218 valence electrons. The molecule has 5 rings (SSSR count). The van der Waals surface area contributed by atoms with E-state index in [1.54, 1.807) is 36.4 Å². The second-order valence-corrected chi connectivity index (χ2v) is 10.4. The number of benzene rings is 2. The van der Waals surface area contributed by atoms with Crippen LogP contribution < -0.4 is 0 Å². The molecule has 11 atom stereocenters. The van der Waals surface area contributed by atoms with E-state index in [9.17, 15) is 46.0 Å². The Hall–Kier alpha value is -2.88. The fourth-order valence-corrected chi connectivity index (χ4v) is 5.36. The van der Waals surface area contributed by atoms with Crippen molar-refractivity contribution < 1.29 is 55.4 Å². The van der Waals surface area contributed by atoms with E-state index >= 15 is 0 Å². The van der Waals surface area contributed by atoms with E-state index in [1.165, 1.54) is 0 Å². The summed E-state index contributed by atoms with van der Waals surface area (Å²) in [6.07, 6.45) is -13.8. The molecule has 3 aliphatic rings. The number of aliphatic hydroxyl groups excluding tert-OH is 9. The van der Waals surface area contributed by atoms with Crippen LogP contribution >= 0.6 is 0 Å². The fraction of sp³-hybridized carbons (Fsp3) is 0.467. The average molecular weight is 569 g/mol. The van der Waals surface area contributed by atoms with Gasteiger partial charge in [-0.3, -0.25) is 0 Å². The molecule has 1 aliphatic carbocycles. The maximum Gasteiger partial charge on any atom is 0.147 e. The lowest BCUT2D eigenvalue weighted by molar-refractivity contribution is -0.214. The first-order valence-electron chi connectivity index (χ1n) is 13.2. The number of fused-ring (bicyclic) bond motifs is 3. The number of aliphatic hydroxyl groups is 9. The summed E-state index contributed by atoms with van der Waals surface area (Å²) in [6, 6.07) is 10.5. The Morgan fingerprint density at radius 3 is 1.51 bits per heavy atom. The first-order valence-corrected chi connectivity index (χ1v) is 13.2. The molecule has 0 spiro atoms. The van der Waals surface area contributed by atoms with Gasteiger partial charge in [0.05, 0.1) is 12.7 Å². The van der Waals surface area contributed by atoms with E-state index in [0.29, 0.717) is 22.3 Å². The molecule has 0 radical (unpaired) electrons. The summed E-state index contributed by atoms with van der Waals surface area (Å²) in [6.45, 7) is -0.822. The van der Waals surface area contributed by atoms with Crippen molar-refractivity contribution in [2.45, 2.75) is 73.6 Å². The molecular weight excluding hydrogens is 536 g/mol. The molecular formula is C30H32O11. The highest BCUT2D eigenvalue weighted by atomic mass is 16.5. The van der Waals surface area contributed by atoms with Crippen LogP contribution in [0.1, 0.15) is 34.8 Å². The minimum Gasteiger partial charge on any atom is -0.396 e. The zero-order valence-electron chi connectivity index (χ0n) is 21.8. The second kappa shape index (κ2) is 12.2. The van der Waals surface area contributed by atoms with E-state index in [-0.39, 0.29) is 13.0 Å². The van der Waals surface area contributed by atoms with Gasteiger partial charge in [-0.25, -0.2) is 0 Å². The predicted octanol–water partition coefficient (Wildman–Crippen LogP) is -2.47. The summed E-state index contributed by atoms with van der Waals surface area (Å²) >= 11 is 0. The van der Waals surface area contributed by atoms with Gasteiger partial charge in [0.1, 0.15) is 61.0 Å². The van der Waals surface area contributed by atoms with Crippen LogP contribution in [0.5, 0.6) is 0 Å². The molecule has 2 saturated heterocycles. The van der Waals surface area contributed by atoms with Gasteiger partial charge in [-0.2, -0.15) is 0 Å². The lowest BCUT2D eigenvalue weighted by Gasteiger charge is -2.38. The molecule has 0 saturated carbocycles. The van der Waals surface area contributed by atoms with Crippen molar-refractivity contribution >= 4 is 0 Å². The number of ether oxygens (including phenoxy) is 2. The van der Waals surface area contributed by atoms with Crippen LogP contribution in [0.4, 0.5) is 0 Å². The van der Waals surface area contributed by atoms with Crippen molar-refractivity contribution in [1.82, 2.24) is 0 Å². The number of hydrogen-bond acceptors (Lipinski definition) is 11. The Morgan fingerprint density at radius 2 is 1.05 bits per heavy atom. The highest BCUT2D eigenvalue weighted by Crippen LogP contribution is 2.44. The third-order valence-corrected chi connectivity index (χ3v) is 7.72. The van der Waals surface area contributed by atoms with Crippen molar-refractivity contribution in [2.75, 3.05) is 13.2 Å². The van der Waals surface area contributed by atoms with Gasteiger partial charge >= 0.3 is 0 Å². The normalized spacial score (nSPS) is 35.9. The zero-order valence-corrected chi connectivity index (χ0v) is 21.8. The maximum absolute atomic E-state index is 11.1. The molecule has 2 aliphatic heterocycles. The Kier molecular flexibility index (Phi) is 8.78. The average Bonchev–Trinajstić information content (AvgIpc) is 3.25. The third-order valence-electron chi connectivity index (χ3n) is 7.72. The van der Waals surface area contributed by atoms with Crippen molar-refractivity contribution in [3.8, 4) is 34.8 Å². The summed E-state index contributed by atoms with van der Waals surface area (Å²) in [5.74, 6) is 11.2. The lowest BCUT2D eigenvalue weighted by Crippen LogP contribution is -2.58. The molecule has 0 aromatic heterocycles. The maximum atomic E-state index is 11.1. The molecule has 0 amide bonds. The second-order valence-electron chi connectivity index (χ2n) is 10.4. The number of hydrogen-bond donors (Lipinski definition) is 9. The van der Waals surface area contributed by atoms with Crippen LogP contribution in [-0.4, -0.2) is 120 Å². The smallest absolute Gasteiger partial charge is 0.147 e. The Morgan fingerprint density at radius 1 is 0.585 bits per heavy atom. The van der Waals surface area contributed by atoms with Crippen LogP contribution in [0.15, 0.2) is 36.4 Å². The first kappa shape index (κ1) is 29.6. The molecule has 2 aromatic rings. The van der Waals surface area contributed by atoms with E-state index < -0.39 is 73.8 Å². The summed E-state index contributed by atoms with van der Waals surface area (Å²) in [5.41, 5.74) is 3.82. The summed E-state index contributed by atoms with van der Waals surface area (Å²) in [7, 11) is 0. The largest absolute Gasteiger partial charge is 0.396 e. The molecule has 11 heteroatoms. The standard InChI is InChI=1S/C30H32O11/c31-10-9-22-27(36)29(38)25(34)20(40-22)7-3-14-1-5-16-17-6-2-15(12-19(17)24(33)18(16)11-14)4-8-21-26(35)30(39)28(37)23(13-32)41-21/h1-2,5-6,11-12,20-39H,9-10,13H2/t20-,21-,22-,23-,24?,25-,26-,27-,28-,29-,30-/m1/s1. The van der Waals surface area contributed by atoms with Gasteiger partial charge in [0.2, 0.25) is 0 Å². The highest BCUT2D eigenvalue weighted by molar-refractivity contribution is 5.79. The van der Waals surface area contributed by atoms with Crippen molar-refractivity contribution in [1.29, 1.82) is 0 Å². The van der Waals surface area contributed by atoms with Gasteiger partial charge in [-0.05, 0) is 52.9 Å².